The topological polar surface area (TPSA) is 23.6 Å². The summed E-state index contributed by atoms with van der Waals surface area (Å²) in [4.78, 5) is 11.9. The van der Waals surface area contributed by atoms with E-state index in [0.717, 1.165) is 19.5 Å². The van der Waals surface area contributed by atoms with Crippen LogP contribution in [0.3, 0.4) is 0 Å². The maximum Gasteiger partial charge on any atom is 1.00 e. The summed E-state index contributed by atoms with van der Waals surface area (Å²) in [6.45, 7) is 22.7. The Kier molecular flexibility index (Phi) is 15.0. The first-order valence-corrected chi connectivity index (χ1v) is 14.9. The quantitative estimate of drug-likeness (QED) is 0.148. The molecule has 0 bridgehead atoms. The number of fused-ring (bicyclic) bond motifs is 2. The van der Waals surface area contributed by atoms with E-state index < -0.39 is 0 Å². The van der Waals surface area contributed by atoms with Gasteiger partial charge < -0.3 is 11.8 Å². The van der Waals surface area contributed by atoms with Crippen molar-refractivity contribution in [2.75, 3.05) is 13.1 Å². The van der Waals surface area contributed by atoms with Crippen molar-refractivity contribution < 1.29 is 73.7 Å². The smallest absolute Gasteiger partial charge is 0.346 e. The molecule has 0 aliphatic carbocycles. The minimum atomic E-state index is 0. The molecule has 4 aromatic rings. The molecule has 3 nitrogen and oxygen atoms in total. The molecule has 5 heteroatoms. The Bertz CT molecular complexity index is 1440. The normalized spacial score (nSPS) is 16.4. The summed E-state index contributed by atoms with van der Waals surface area (Å²) in [5, 5.41) is 5.37. The van der Waals surface area contributed by atoms with Gasteiger partial charge in [-0.3, -0.25) is 4.79 Å². The third-order valence-corrected chi connectivity index (χ3v) is 9.15. The predicted molar refractivity (Wildman–Crippen MR) is 178 cm³/mol. The maximum atomic E-state index is 10.2. The van der Waals surface area contributed by atoms with Crippen LogP contribution in [-0.4, -0.2) is 34.9 Å². The first kappa shape index (κ1) is 36.4. The number of rotatable bonds is 5. The molecule has 1 amide bonds. The van der Waals surface area contributed by atoms with E-state index in [1.54, 1.807) is 11.8 Å². The van der Waals surface area contributed by atoms with E-state index in [4.69, 9.17) is 0 Å². The van der Waals surface area contributed by atoms with Gasteiger partial charge in [0.05, 0.1) is 6.17 Å². The van der Waals surface area contributed by atoms with Gasteiger partial charge in [-0.25, -0.2) is 4.31 Å². The predicted octanol–water partition coefficient (Wildman–Crippen LogP) is 6.47. The molecule has 0 saturated carbocycles. The fourth-order valence-electron chi connectivity index (χ4n) is 5.82. The number of amides is 1. The molecule has 0 spiro atoms. The van der Waals surface area contributed by atoms with Crippen molar-refractivity contribution in [2.45, 2.75) is 67.5 Å². The molecule has 1 fully saturated rings. The monoisotopic (exact) mass is 688 g/mol. The number of carbonyl (C=O) groups is 1. The van der Waals surface area contributed by atoms with Crippen LogP contribution in [0, 0.1) is 32.6 Å². The van der Waals surface area contributed by atoms with Crippen molar-refractivity contribution in [1.29, 1.82) is 0 Å². The maximum absolute atomic E-state index is 10.2. The Morgan fingerprint density at radius 3 is 1.90 bits per heavy atom. The summed E-state index contributed by atoms with van der Waals surface area (Å²) in [5.41, 5.74) is 7.12. The van der Waals surface area contributed by atoms with E-state index in [0.29, 0.717) is 17.8 Å². The molecule has 1 aliphatic heterocycles. The van der Waals surface area contributed by atoms with Crippen LogP contribution in [-0.2, 0) is 4.79 Å². The molecule has 3 unspecified atom stereocenters. The van der Waals surface area contributed by atoms with Gasteiger partial charge in [-0.05, 0) is 87.9 Å². The molecule has 4 aromatic carbocycles. The minimum absolute atomic E-state index is 0. The van der Waals surface area contributed by atoms with Gasteiger partial charge in [0.2, 0.25) is 6.41 Å². The Balaban J connectivity index is 0.000000416. The van der Waals surface area contributed by atoms with Crippen LogP contribution in [0.15, 0.2) is 66.7 Å². The number of thiol groups is 1. The number of nitrogens with zero attached hydrogens (tertiary/aromatic N) is 2. The fraction of sp³-hybridized carbons (Fsp3) is 0.389. The molecule has 0 N–H and O–H groups in total. The van der Waals surface area contributed by atoms with Crippen molar-refractivity contribution in [3.05, 3.63) is 90.3 Å². The molecular formula is C36H47CsN2OS. The summed E-state index contributed by atoms with van der Waals surface area (Å²) in [5.74, 6) is 1.76. The molecule has 1 saturated heterocycles. The molecule has 1 heterocycles. The molecule has 1 aliphatic rings. The Morgan fingerprint density at radius 1 is 0.829 bits per heavy atom. The number of hydrogen-bond acceptors (Lipinski definition) is 3. The number of carbonyl (C=O) groups excluding carboxylic acids is 1. The average Bonchev–Trinajstić information content (AvgIpc) is 3.29. The second-order valence-electron chi connectivity index (χ2n) is 11.2. The average molecular weight is 689 g/mol. The molecule has 214 valence electrons. The van der Waals surface area contributed by atoms with Gasteiger partial charge in [0.15, 0.2) is 0 Å². The summed E-state index contributed by atoms with van der Waals surface area (Å²) >= 11 is 4.13. The van der Waals surface area contributed by atoms with Crippen LogP contribution in [0.1, 0.15) is 64.2 Å². The standard InChI is InChI=1S/C29H32.C5H10N2OS.C2H5.Cs/c1-18(2)21(5)22(6)27-20(4)17-24-12-8-10-14-26(24)29(27)28-19(3)15-16-23-11-7-9-13-25(23)28;1-5-6(4-8)2-3-7(5)9;1-2;/h7-18,21-22H,1-6H3;4-5,9H,2-3H2,1H3;1H2,2H3;/q;;-1;+1. The Labute approximate surface area is 313 Å². The van der Waals surface area contributed by atoms with Crippen molar-refractivity contribution >= 4 is 40.8 Å². The molecular weight excluding hydrogens is 641 g/mol. The van der Waals surface area contributed by atoms with Gasteiger partial charge in [-0.15, -0.1) is 0 Å². The van der Waals surface area contributed by atoms with Gasteiger partial charge >= 0.3 is 68.9 Å². The SMILES string of the molecule is CC1N(S)CCN1C=O.Cc1cc2ccccc2c(-c2c(C)ccc3ccccc23)c1C(C)C(C)C(C)C.[CH2-]C.[Cs+]. The van der Waals surface area contributed by atoms with Gasteiger partial charge in [0.25, 0.3) is 0 Å². The summed E-state index contributed by atoms with van der Waals surface area (Å²) in [6, 6.07) is 24.7. The van der Waals surface area contributed by atoms with E-state index in [1.165, 1.54) is 49.4 Å². The second kappa shape index (κ2) is 16.9. The van der Waals surface area contributed by atoms with Crippen LogP contribution < -0.4 is 68.9 Å². The largest absolute Gasteiger partial charge is 1.00 e. The van der Waals surface area contributed by atoms with Crippen LogP contribution in [0.4, 0.5) is 0 Å². The minimum Gasteiger partial charge on any atom is -0.346 e. The van der Waals surface area contributed by atoms with E-state index >= 15 is 0 Å². The van der Waals surface area contributed by atoms with Crippen LogP contribution in [0.5, 0.6) is 0 Å². The van der Waals surface area contributed by atoms with Crippen molar-refractivity contribution in [2.24, 2.45) is 11.8 Å². The second-order valence-corrected chi connectivity index (χ2v) is 11.7. The van der Waals surface area contributed by atoms with Crippen LogP contribution >= 0.6 is 12.8 Å². The molecule has 5 rings (SSSR count). The fourth-order valence-corrected chi connectivity index (χ4v) is 6.04. The van der Waals surface area contributed by atoms with Gasteiger partial charge in [0, 0.05) is 13.1 Å². The zero-order valence-corrected chi connectivity index (χ0v) is 33.8. The van der Waals surface area contributed by atoms with Crippen LogP contribution in [0.2, 0.25) is 0 Å². The molecule has 3 atom stereocenters. The first-order chi connectivity index (χ1) is 19.1. The number of aryl methyl sites for hydroxylation is 2. The molecule has 41 heavy (non-hydrogen) atoms. The van der Waals surface area contributed by atoms with Crippen molar-refractivity contribution in [1.82, 2.24) is 9.21 Å². The molecule has 0 radical (unpaired) electrons. The van der Waals surface area contributed by atoms with E-state index in [-0.39, 0.29) is 75.1 Å². The third-order valence-electron chi connectivity index (χ3n) is 8.61. The van der Waals surface area contributed by atoms with Gasteiger partial charge in [0.1, 0.15) is 0 Å². The zero-order valence-electron chi connectivity index (χ0n) is 26.6. The summed E-state index contributed by atoms with van der Waals surface area (Å²) < 4.78 is 1.84. The van der Waals surface area contributed by atoms with E-state index in [1.807, 2.05) is 11.2 Å². The third kappa shape index (κ3) is 8.24. The van der Waals surface area contributed by atoms with Gasteiger partial charge in [-0.1, -0.05) is 107 Å². The summed E-state index contributed by atoms with van der Waals surface area (Å²) in [6.07, 6.45) is 1.02. The van der Waals surface area contributed by atoms with Crippen molar-refractivity contribution in [3.8, 4) is 11.1 Å². The van der Waals surface area contributed by atoms with Crippen molar-refractivity contribution in [3.63, 3.8) is 0 Å². The first-order valence-electron chi connectivity index (χ1n) is 14.5. The number of benzene rings is 4. The summed E-state index contributed by atoms with van der Waals surface area (Å²) in [7, 11) is 0. The van der Waals surface area contributed by atoms with E-state index in [2.05, 4.69) is 128 Å². The Hall–Kier alpha value is -0.768. The number of hydrogen-bond donors (Lipinski definition) is 1. The van der Waals surface area contributed by atoms with Gasteiger partial charge in [-0.2, -0.15) is 6.92 Å². The zero-order chi connectivity index (χ0) is 29.6. The van der Waals surface area contributed by atoms with E-state index in [9.17, 15) is 4.79 Å². The molecule has 0 aromatic heterocycles. The Morgan fingerprint density at radius 2 is 1.39 bits per heavy atom. The van der Waals surface area contributed by atoms with Crippen LogP contribution in [0.25, 0.3) is 32.7 Å².